The maximum atomic E-state index is 14.2. The Bertz CT molecular complexity index is 1600. The average molecular weight is 563 g/mol. The molecule has 206 valence electrons. The maximum absolute atomic E-state index is 14.2. The van der Waals surface area contributed by atoms with E-state index in [2.05, 4.69) is 16.6 Å². The van der Waals surface area contributed by atoms with Gasteiger partial charge in [0, 0.05) is 30.3 Å². The third kappa shape index (κ3) is 4.64. The smallest absolute Gasteiger partial charge is 0.289 e. The summed E-state index contributed by atoms with van der Waals surface area (Å²) in [7, 11) is -4.62. The van der Waals surface area contributed by atoms with E-state index in [0.717, 1.165) is 22.0 Å². The minimum Gasteiger partial charge on any atom is -0.508 e. The van der Waals surface area contributed by atoms with Crippen molar-refractivity contribution in [3.8, 4) is 18.1 Å². The van der Waals surface area contributed by atoms with Crippen LogP contribution in [0.5, 0.6) is 5.75 Å². The van der Waals surface area contributed by atoms with Gasteiger partial charge in [-0.1, -0.05) is 48.4 Å². The second-order valence-corrected chi connectivity index (χ2v) is 11.3. The summed E-state index contributed by atoms with van der Waals surface area (Å²) in [4.78, 5) is 24.1. The number of phenolic OH excluding ortho intramolecular Hbond substituents is 1. The summed E-state index contributed by atoms with van der Waals surface area (Å²) < 4.78 is 35.5. The molecule has 2 heterocycles. The summed E-state index contributed by atoms with van der Waals surface area (Å²) in [5.74, 6) is 1.95. The number of hydrogen-bond acceptors (Lipinski definition) is 8. The van der Waals surface area contributed by atoms with Crippen LogP contribution < -0.4 is 10.6 Å². The number of amides is 1. The van der Waals surface area contributed by atoms with Crippen molar-refractivity contribution in [1.82, 2.24) is 9.62 Å². The lowest BCUT2D eigenvalue weighted by Gasteiger charge is -2.32. The predicted molar refractivity (Wildman–Crippen MR) is 146 cm³/mol. The fourth-order valence-corrected chi connectivity index (χ4v) is 7.28. The summed E-state index contributed by atoms with van der Waals surface area (Å²) in [5, 5.41) is 27.2. The van der Waals surface area contributed by atoms with Crippen LogP contribution in [0.15, 0.2) is 77.7 Å². The number of hydrogen-bond donors (Lipinski definition) is 3. The van der Waals surface area contributed by atoms with Gasteiger partial charge in [-0.05, 0) is 36.2 Å². The van der Waals surface area contributed by atoms with Gasteiger partial charge in [0.1, 0.15) is 30.2 Å². The van der Waals surface area contributed by atoms with Crippen LogP contribution in [0, 0.1) is 22.5 Å². The van der Waals surface area contributed by atoms with Crippen molar-refractivity contribution < 1.29 is 28.0 Å². The van der Waals surface area contributed by atoms with Crippen molar-refractivity contribution in [3.05, 3.63) is 94.0 Å². The number of nitrogens with zero attached hydrogens (tertiary/aromatic N) is 2. The van der Waals surface area contributed by atoms with Crippen molar-refractivity contribution in [2.24, 2.45) is 0 Å². The van der Waals surface area contributed by atoms with Gasteiger partial charge >= 0.3 is 0 Å². The van der Waals surface area contributed by atoms with Gasteiger partial charge in [-0.2, -0.15) is 4.31 Å². The number of para-hydroxylation sites is 2. The highest BCUT2D eigenvalue weighted by atomic mass is 32.2. The molecule has 5 rings (SSSR count). The highest BCUT2D eigenvalue weighted by molar-refractivity contribution is 7.89. The summed E-state index contributed by atoms with van der Waals surface area (Å²) in [6.45, 7) is 0.0352. The number of anilines is 1. The number of carbonyl (C=O) groups excluding carboxylic acids is 1. The third-order valence-corrected chi connectivity index (χ3v) is 9.08. The van der Waals surface area contributed by atoms with E-state index >= 15 is 0 Å². The first-order chi connectivity index (χ1) is 19.2. The molecule has 1 saturated heterocycles. The van der Waals surface area contributed by atoms with Crippen LogP contribution in [0.3, 0.4) is 0 Å². The molecule has 1 amide bonds. The lowest BCUT2D eigenvalue weighted by Crippen LogP contribution is -2.52. The largest absolute Gasteiger partial charge is 0.508 e. The highest BCUT2D eigenvalue weighted by Crippen LogP contribution is 2.53. The predicted octanol–water partition coefficient (Wildman–Crippen LogP) is 2.72. The van der Waals surface area contributed by atoms with Crippen molar-refractivity contribution in [3.63, 3.8) is 0 Å². The molecule has 40 heavy (non-hydrogen) atoms. The van der Waals surface area contributed by atoms with Gasteiger partial charge in [-0.15, -0.1) is 6.42 Å². The number of phenols is 1. The Labute approximate surface area is 231 Å². The van der Waals surface area contributed by atoms with Gasteiger partial charge in [0.25, 0.3) is 15.7 Å². The van der Waals surface area contributed by atoms with Crippen LogP contribution in [-0.4, -0.2) is 54.0 Å². The van der Waals surface area contributed by atoms with E-state index in [0.29, 0.717) is 17.7 Å². The number of aromatic hydroxyl groups is 1. The third-order valence-electron chi connectivity index (χ3n) is 7.16. The van der Waals surface area contributed by atoms with Crippen molar-refractivity contribution in [1.29, 1.82) is 0 Å². The molecular weight excluding hydrogens is 536 g/mol. The molecule has 0 bridgehead atoms. The maximum Gasteiger partial charge on any atom is 0.289 e. The Hall–Kier alpha value is -4.44. The highest BCUT2D eigenvalue weighted by Gasteiger charge is 2.64. The van der Waals surface area contributed by atoms with Gasteiger partial charge in [0.15, 0.2) is 4.90 Å². The van der Waals surface area contributed by atoms with E-state index in [-0.39, 0.29) is 25.3 Å². The molecule has 0 unspecified atom stereocenters. The normalized spacial score (nSPS) is 21.6. The number of ether oxygens (including phenoxy) is 1. The molecule has 0 radical (unpaired) electrons. The van der Waals surface area contributed by atoms with Crippen molar-refractivity contribution >= 4 is 27.3 Å². The number of nitro groups is 1. The van der Waals surface area contributed by atoms with Crippen LogP contribution in [0.1, 0.15) is 17.5 Å². The van der Waals surface area contributed by atoms with E-state index < -0.39 is 49.2 Å². The van der Waals surface area contributed by atoms with E-state index in [4.69, 9.17) is 11.2 Å². The molecule has 12 heteroatoms. The quantitative estimate of drug-likeness (QED) is 0.205. The Kier molecular flexibility index (Phi) is 7.20. The molecule has 2 aliphatic rings. The molecule has 3 atom stereocenters. The van der Waals surface area contributed by atoms with Gasteiger partial charge in [0.05, 0.1) is 4.92 Å². The Morgan fingerprint density at radius 3 is 2.60 bits per heavy atom. The zero-order valence-corrected chi connectivity index (χ0v) is 22.0. The van der Waals surface area contributed by atoms with Crippen LogP contribution in [0.25, 0.3) is 0 Å². The number of nitro benzene ring substituents is 1. The van der Waals surface area contributed by atoms with Gasteiger partial charge in [-0.25, -0.2) is 8.42 Å². The number of terminal acetylenes is 1. The minimum atomic E-state index is -4.62. The summed E-state index contributed by atoms with van der Waals surface area (Å²) >= 11 is 0. The number of rotatable bonds is 9. The number of sulfonamides is 1. The van der Waals surface area contributed by atoms with E-state index in [1.165, 1.54) is 24.3 Å². The first-order valence-electron chi connectivity index (χ1n) is 12.4. The van der Waals surface area contributed by atoms with E-state index in [1.54, 1.807) is 36.4 Å². The Morgan fingerprint density at radius 2 is 1.88 bits per heavy atom. The zero-order valence-electron chi connectivity index (χ0n) is 21.2. The zero-order chi connectivity index (χ0) is 28.5. The number of benzene rings is 3. The summed E-state index contributed by atoms with van der Waals surface area (Å²) in [6.07, 6.45) is 4.75. The topological polar surface area (TPSA) is 151 Å². The number of nitrogens with one attached hydrogen (secondary N) is 2. The van der Waals surface area contributed by atoms with Crippen LogP contribution in [0.4, 0.5) is 11.4 Å². The molecule has 0 aromatic heterocycles. The lowest BCUT2D eigenvalue weighted by atomic mass is 9.90. The second-order valence-electron chi connectivity index (χ2n) is 9.46. The van der Waals surface area contributed by atoms with Gasteiger partial charge in [-0.3, -0.25) is 14.9 Å². The molecule has 0 aliphatic carbocycles. The molecule has 3 aromatic rings. The molecule has 0 spiro atoms. The summed E-state index contributed by atoms with van der Waals surface area (Å²) in [6, 6.07) is 17.3. The van der Waals surface area contributed by atoms with Crippen molar-refractivity contribution in [2.75, 3.05) is 18.5 Å². The first kappa shape index (κ1) is 27.1. The Balaban J connectivity index is 1.54. The molecule has 3 N–H and O–H groups in total. The second kappa shape index (κ2) is 10.6. The Morgan fingerprint density at radius 1 is 1.18 bits per heavy atom. The molecule has 2 aliphatic heterocycles. The average Bonchev–Trinajstić information content (AvgIpc) is 3.44. The van der Waals surface area contributed by atoms with Gasteiger partial charge in [0.2, 0.25) is 5.91 Å². The molecular formula is C28H26N4O7S. The van der Waals surface area contributed by atoms with Crippen LogP contribution in [-0.2, 0) is 31.6 Å². The van der Waals surface area contributed by atoms with Crippen LogP contribution >= 0.6 is 0 Å². The molecule has 3 aromatic carbocycles. The SMILES string of the molecule is C#CCO[C@]12C[C@H](C(=O)NCCc3ccc(O)cc3)N(S(=O)(=O)c3ccccc3[N+](=O)[O-])[C@@H]1Nc1ccccc12. The first-order valence-corrected chi connectivity index (χ1v) is 13.9. The molecule has 0 saturated carbocycles. The fraction of sp³-hybridized carbons (Fsp3) is 0.250. The van der Waals surface area contributed by atoms with Crippen molar-refractivity contribution in [2.45, 2.75) is 35.5 Å². The molecule has 1 fully saturated rings. The standard InChI is InChI=1S/C28H26N4O7S/c1-2-17-39-28-18-24(26(34)29-16-15-19-11-13-20(33)14-12-19)31(27(28)30-22-8-4-3-7-21(22)28)40(37,38)25-10-6-5-9-23(25)32(35)36/h1,3-14,24,27,30,33H,15-18H2,(H,29,34)/t24-,27+,28+/m1/s1. The minimum absolute atomic E-state index is 0.0751. The van der Waals surface area contributed by atoms with Gasteiger partial charge < -0.3 is 20.5 Å². The number of carbonyl (C=O) groups is 1. The number of fused-ring (bicyclic) bond motifs is 3. The van der Waals surface area contributed by atoms with Crippen LogP contribution in [0.2, 0.25) is 0 Å². The lowest BCUT2D eigenvalue weighted by molar-refractivity contribution is -0.387. The van der Waals surface area contributed by atoms with E-state index in [1.807, 2.05) is 0 Å². The monoisotopic (exact) mass is 562 g/mol. The van der Waals surface area contributed by atoms with E-state index in [9.17, 15) is 28.4 Å². The summed E-state index contributed by atoms with van der Waals surface area (Å²) in [5.41, 5.74) is 0.177. The fourth-order valence-electron chi connectivity index (χ4n) is 5.39. The molecule has 11 nitrogen and oxygen atoms in total.